The number of halogens is 1. The SMILES string of the molecule is COc1cccc(CCNC(=O)c2cc(Br)ccc2OC)c1. The molecule has 116 valence electrons. The van der Waals surface area contributed by atoms with Gasteiger partial charge in [0.1, 0.15) is 11.5 Å². The number of hydrogen-bond acceptors (Lipinski definition) is 3. The van der Waals surface area contributed by atoms with Crippen molar-refractivity contribution in [3.63, 3.8) is 0 Å². The van der Waals surface area contributed by atoms with Gasteiger partial charge in [0.25, 0.3) is 5.91 Å². The lowest BCUT2D eigenvalue weighted by Gasteiger charge is -2.10. The average Bonchev–Trinajstić information content (AvgIpc) is 2.55. The highest BCUT2D eigenvalue weighted by Gasteiger charge is 2.12. The minimum Gasteiger partial charge on any atom is -0.497 e. The number of carbonyl (C=O) groups excluding carboxylic acids is 1. The van der Waals surface area contributed by atoms with E-state index in [1.807, 2.05) is 30.3 Å². The standard InChI is InChI=1S/C17H18BrNO3/c1-21-14-5-3-4-12(10-14)8-9-19-17(20)15-11-13(18)6-7-16(15)22-2/h3-7,10-11H,8-9H2,1-2H3,(H,19,20). The summed E-state index contributed by atoms with van der Waals surface area (Å²) in [7, 11) is 3.19. The zero-order valence-electron chi connectivity index (χ0n) is 12.6. The highest BCUT2D eigenvalue weighted by molar-refractivity contribution is 9.10. The third-order valence-corrected chi connectivity index (χ3v) is 3.73. The maximum atomic E-state index is 12.3. The van der Waals surface area contributed by atoms with Gasteiger partial charge in [0.15, 0.2) is 0 Å². The van der Waals surface area contributed by atoms with Gasteiger partial charge < -0.3 is 14.8 Å². The molecule has 2 aromatic rings. The van der Waals surface area contributed by atoms with E-state index >= 15 is 0 Å². The zero-order valence-corrected chi connectivity index (χ0v) is 14.1. The molecule has 2 rings (SSSR count). The van der Waals surface area contributed by atoms with Gasteiger partial charge in [0.05, 0.1) is 19.8 Å². The van der Waals surface area contributed by atoms with Crippen LogP contribution < -0.4 is 14.8 Å². The lowest BCUT2D eigenvalue weighted by atomic mass is 10.1. The predicted octanol–water partition coefficient (Wildman–Crippen LogP) is 3.44. The molecule has 0 radical (unpaired) electrons. The molecule has 0 bridgehead atoms. The van der Waals surface area contributed by atoms with Gasteiger partial charge in [-0.2, -0.15) is 0 Å². The van der Waals surface area contributed by atoms with Gasteiger partial charge in [0, 0.05) is 11.0 Å². The summed E-state index contributed by atoms with van der Waals surface area (Å²) in [5, 5.41) is 2.91. The topological polar surface area (TPSA) is 47.6 Å². The molecule has 2 aromatic carbocycles. The maximum absolute atomic E-state index is 12.3. The van der Waals surface area contributed by atoms with Crippen molar-refractivity contribution < 1.29 is 14.3 Å². The van der Waals surface area contributed by atoms with Crippen molar-refractivity contribution in [1.29, 1.82) is 0 Å². The van der Waals surface area contributed by atoms with E-state index in [0.717, 1.165) is 22.2 Å². The van der Waals surface area contributed by atoms with Gasteiger partial charge in [-0.15, -0.1) is 0 Å². The van der Waals surface area contributed by atoms with Crippen LogP contribution in [0.1, 0.15) is 15.9 Å². The van der Waals surface area contributed by atoms with E-state index in [-0.39, 0.29) is 5.91 Å². The van der Waals surface area contributed by atoms with Crippen LogP contribution in [-0.4, -0.2) is 26.7 Å². The Bertz CT molecular complexity index is 658. The first kappa shape index (κ1) is 16.4. The average molecular weight is 364 g/mol. The van der Waals surface area contributed by atoms with Crippen LogP contribution in [0.15, 0.2) is 46.9 Å². The molecule has 0 fully saturated rings. The fourth-order valence-electron chi connectivity index (χ4n) is 2.10. The van der Waals surface area contributed by atoms with Crippen molar-refractivity contribution in [2.24, 2.45) is 0 Å². The van der Waals surface area contributed by atoms with Crippen molar-refractivity contribution in [3.8, 4) is 11.5 Å². The van der Waals surface area contributed by atoms with Gasteiger partial charge in [-0.05, 0) is 42.3 Å². The normalized spacial score (nSPS) is 10.1. The molecule has 1 amide bonds. The molecule has 22 heavy (non-hydrogen) atoms. The van der Waals surface area contributed by atoms with Crippen molar-refractivity contribution in [1.82, 2.24) is 5.32 Å². The number of ether oxygens (including phenoxy) is 2. The van der Waals surface area contributed by atoms with Crippen molar-refractivity contribution in [3.05, 3.63) is 58.1 Å². The molecule has 0 atom stereocenters. The second-order valence-electron chi connectivity index (χ2n) is 4.70. The summed E-state index contributed by atoms with van der Waals surface area (Å²) in [6.07, 6.45) is 0.735. The number of benzene rings is 2. The van der Waals surface area contributed by atoms with Crippen LogP contribution in [0.25, 0.3) is 0 Å². The smallest absolute Gasteiger partial charge is 0.255 e. The molecule has 0 aliphatic carbocycles. The molecule has 5 heteroatoms. The van der Waals surface area contributed by atoms with E-state index in [0.29, 0.717) is 17.9 Å². The van der Waals surface area contributed by atoms with E-state index in [1.54, 1.807) is 26.4 Å². The Morgan fingerprint density at radius 2 is 1.95 bits per heavy atom. The lowest BCUT2D eigenvalue weighted by Crippen LogP contribution is -2.26. The first-order valence-electron chi connectivity index (χ1n) is 6.88. The number of methoxy groups -OCH3 is 2. The first-order chi connectivity index (χ1) is 10.6. The van der Waals surface area contributed by atoms with Crippen molar-refractivity contribution >= 4 is 21.8 Å². The number of rotatable bonds is 6. The third kappa shape index (κ3) is 4.24. The Kier molecular flexibility index (Phi) is 5.83. The van der Waals surface area contributed by atoms with E-state index < -0.39 is 0 Å². The summed E-state index contributed by atoms with van der Waals surface area (Å²) in [4.78, 5) is 12.3. The monoisotopic (exact) mass is 363 g/mol. The number of amides is 1. The van der Waals surface area contributed by atoms with Crippen LogP contribution in [0.5, 0.6) is 11.5 Å². The summed E-state index contributed by atoms with van der Waals surface area (Å²) >= 11 is 3.37. The lowest BCUT2D eigenvalue weighted by molar-refractivity contribution is 0.0951. The fourth-order valence-corrected chi connectivity index (χ4v) is 2.46. The van der Waals surface area contributed by atoms with Crippen LogP contribution in [-0.2, 0) is 6.42 Å². The molecule has 0 unspecified atom stereocenters. The molecule has 0 aliphatic rings. The van der Waals surface area contributed by atoms with E-state index in [9.17, 15) is 4.79 Å². The van der Waals surface area contributed by atoms with Crippen LogP contribution in [0.3, 0.4) is 0 Å². The summed E-state index contributed by atoms with van der Waals surface area (Å²) in [5.41, 5.74) is 1.63. The van der Waals surface area contributed by atoms with Crippen molar-refractivity contribution in [2.75, 3.05) is 20.8 Å². The molecule has 0 saturated carbocycles. The van der Waals surface area contributed by atoms with Gasteiger partial charge in [0.2, 0.25) is 0 Å². The molecule has 0 heterocycles. The predicted molar refractivity (Wildman–Crippen MR) is 89.7 cm³/mol. The molecule has 0 saturated heterocycles. The minimum absolute atomic E-state index is 0.152. The highest BCUT2D eigenvalue weighted by atomic mass is 79.9. The van der Waals surface area contributed by atoms with Gasteiger partial charge in [-0.3, -0.25) is 4.79 Å². The van der Waals surface area contributed by atoms with Gasteiger partial charge in [-0.25, -0.2) is 0 Å². The Morgan fingerprint density at radius 1 is 1.14 bits per heavy atom. The fraction of sp³-hybridized carbons (Fsp3) is 0.235. The zero-order chi connectivity index (χ0) is 15.9. The van der Waals surface area contributed by atoms with Crippen LogP contribution in [0.4, 0.5) is 0 Å². The summed E-state index contributed by atoms with van der Waals surface area (Å²) in [6, 6.07) is 13.2. The summed E-state index contributed by atoms with van der Waals surface area (Å²) in [6.45, 7) is 0.543. The second kappa shape index (κ2) is 7.84. The van der Waals surface area contributed by atoms with Crippen molar-refractivity contribution in [2.45, 2.75) is 6.42 Å². The quantitative estimate of drug-likeness (QED) is 0.854. The summed E-state index contributed by atoms with van der Waals surface area (Å²) in [5.74, 6) is 1.22. The molecular formula is C17H18BrNO3. The Hall–Kier alpha value is -2.01. The first-order valence-corrected chi connectivity index (χ1v) is 7.68. The van der Waals surface area contributed by atoms with Gasteiger partial charge in [-0.1, -0.05) is 28.1 Å². The Labute approximate surface area is 138 Å². The largest absolute Gasteiger partial charge is 0.497 e. The Morgan fingerprint density at radius 3 is 2.68 bits per heavy atom. The molecule has 0 spiro atoms. The molecule has 1 N–H and O–H groups in total. The number of hydrogen-bond donors (Lipinski definition) is 1. The molecular weight excluding hydrogens is 346 g/mol. The van der Waals surface area contributed by atoms with Crippen LogP contribution in [0.2, 0.25) is 0 Å². The molecule has 4 nitrogen and oxygen atoms in total. The Balaban J connectivity index is 1.96. The van der Waals surface area contributed by atoms with E-state index in [2.05, 4.69) is 21.2 Å². The van der Waals surface area contributed by atoms with Crippen LogP contribution in [0, 0.1) is 0 Å². The number of nitrogens with one attached hydrogen (secondary N) is 1. The minimum atomic E-state index is -0.152. The molecule has 0 aromatic heterocycles. The van der Waals surface area contributed by atoms with Crippen LogP contribution >= 0.6 is 15.9 Å². The molecule has 0 aliphatic heterocycles. The van der Waals surface area contributed by atoms with E-state index in [1.165, 1.54) is 0 Å². The third-order valence-electron chi connectivity index (χ3n) is 3.24. The highest BCUT2D eigenvalue weighted by Crippen LogP contribution is 2.22. The maximum Gasteiger partial charge on any atom is 0.255 e. The van der Waals surface area contributed by atoms with Gasteiger partial charge >= 0.3 is 0 Å². The second-order valence-corrected chi connectivity index (χ2v) is 5.62. The number of carbonyl (C=O) groups is 1. The summed E-state index contributed by atoms with van der Waals surface area (Å²) < 4.78 is 11.2. The van der Waals surface area contributed by atoms with E-state index in [4.69, 9.17) is 9.47 Å².